The molecule has 0 spiro atoms. The third kappa shape index (κ3) is 6.94. The Morgan fingerprint density at radius 2 is 1.95 bits per heavy atom. The van der Waals surface area contributed by atoms with Gasteiger partial charge in [-0.05, 0) is 19.4 Å². The summed E-state index contributed by atoms with van der Waals surface area (Å²) in [5.74, 6) is 4.96. The van der Waals surface area contributed by atoms with Crippen LogP contribution in [-0.2, 0) is 20.9 Å². The van der Waals surface area contributed by atoms with Crippen LogP contribution in [0.5, 0.6) is 0 Å². The first-order valence-electron chi connectivity index (χ1n) is 6.96. The summed E-state index contributed by atoms with van der Waals surface area (Å²) in [6.07, 6.45) is -1.03. The quantitative estimate of drug-likeness (QED) is 0.644. The number of aliphatic hydroxyl groups is 1. The zero-order chi connectivity index (χ0) is 15.7. The fourth-order valence-electron chi connectivity index (χ4n) is 1.73. The number of aliphatic hydroxyl groups excluding tert-OH is 1. The number of carbonyl (C=O) groups is 1. The molecule has 1 N–H and O–H groups in total. The number of hydrogen-bond acceptors (Lipinski definition) is 4. The van der Waals surface area contributed by atoms with Gasteiger partial charge in [-0.3, -0.25) is 4.79 Å². The van der Waals surface area contributed by atoms with Crippen molar-refractivity contribution in [2.75, 3.05) is 6.61 Å². The van der Waals surface area contributed by atoms with E-state index in [1.165, 1.54) is 6.92 Å². The van der Waals surface area contributed by atoms with Crippen molar-refractivity contribution in [1.82, 2.24) is 0 Å². The molecule has 0 aliphatic rings. The molecule has 0 aromatic heterocycles. The minimum Gasteiger partial charge on any atom is -0.453 e. The Morgan fingerprint density at radius 3 is 2.57 bits per heavy atom. The smallest absolute Gasteiger partial charge is 0.303 e. The second-order valence-electron chi connectivity index (χ2n) is 4.88. The van der Waals surface area contributed by atoms with Gasteiger partial charge >= 0.3 is 5.97 Å². The minimum absolute atomic E-state index is 0.0473. The molecule has 1 rings (SSSR count). The van der Waals surface area contributed by atoms with Gasteiger partial charge in [-0.15, -0.1) is 0 Å². The number of ether oxygens (including phenoxy) is 2. The Hall–Kier alpha value is -1.83. The third-order valence-corrected chi connectivity index (χ3v) is 3.03. The van der Waals surface area contributed by atoms with Gasteiger partial charge in [0, 0.05) is 12.8 Å². The molecule has 0 aliphatic heterocycles. The highest BCUT2D eigenvalue weighted by atomic mass is 16.5. The molecule has 0 bridgehead atoms. The maximum atomic E-state index is 10.6. The Balaban J connectivity index is 2.38. The van der Waals surface area contributed by atoms with Crippen molar-refractivity contribution in [3.05, 3.63) is 35.9 Å². The molecule has 3 atom stereocenters. The fourth-order valence-corrected chi connectivity index (χ4v) is 1.73. The lowest BCUT2D eigenvalue weighted by Gasteiger charge is -2.22. The van der Waals surface area contributed by atoms with Crippen LogP contribution in [0.4, 0.5) is 0 Å². The average Bonchev–Trinajstić information content (AvgIpc) is 2.49. The molecule has 0 radical (unpaired) electrons. The second-order valence-corrected chi connectivity index (χ2v) is 4.88. The number of rotatable bonds is 6. The molecule has 4 nitrogen and oxygen atoms in total. The van der Waals surface area contributed by atoms with Crippen LogP contribution in [-0.4, -0.2) is 29.9 Å². The van der Waals surface area contributed by atoms with Gasteiger partial charge in [0.25, 0.3) is 0 Å². The average molecular weight is 290 g/mol. The molecule has 1 aromatic rings. The van der Waals surface area contributed by atoms with Crippen LogP contribution in [0.2, 0.25) is 0 Å². The zero-order valence-corrected chi connectivity index (χ0v) is 12.7. The second kappa shape index (κ2) is 9.17. The maximum Gasteiger partial charge on any atom is 0.303 e. The molecular weight excluding hydrogens is 268 g/mol. The number of hydrogen-bond donors (Lipinski definition) is 1. The highest BCUT2D eigenvalue weighted by Gasteiger charge is 2.20. The first-order valence-corrected chi connectivity index (χ1v) is 6.96. The summed E-state index contributed by atoms with van der Waals surface area (Å²) in [5, 5.41) is 10.1. The molecule has 0 saturated carbocycles. The normalized spacial score (nSPS) is 14.5. The van der Waals surface area contributed by atoms with Gasteiger partial charge in [0.2, 0.25) is 0 Å². The van der Waals surface area contributed by atoms with Crippen LogP contribution < -0.4 is 0 Å². The highest BCUT2D eigenvalue weighted by molar-refractivity contribution is 5.66. The fraction of sp³-hybridized carbons (Fsp3) is 0.471. The van der Waals surface area contributed by atoms with Gasteiger partial charge in [0.1, 0.15) is 0 Å². The summed E-state index contributed by atoms with van der Waals surface area (Å²) < 4.78 is 10.4. The van der Waals surface area contributed by atoms with Crippen molar-refractivity contribution < 1.29 is 19.4 Å². The molecule has 21 heavy (non-hydrogen) atoms. The summed E-state index contributed by atoms with van der Waals surface area (Å²) in [6.45, 7) is 5.46. The lowest BCUT2D eigenvalue weighted by molar-refractivity contribution is -0.139. The molecule has 4 heteroatoms. The van der Waals surface area contributed by atoms with Crippen LogP contribution in [0.25, 0.3) is 0 Å². The van der Waals surface area contributed by atoms with E-state index >= 15 is 0 Å². The summed E-state index contributed by atoms with van der Waals surface area (Å²) in [4.78, 5) is 10.6. The standard InChI is InChI=1S/C17H22O4/c1-13(8-7-11-20-15(3)18)17(19)14(2)21-12-16-9-5-4-6-10-16/h4-6,9-10,13-14,17,19H,11-12H2,1-3H3/t13-,14-,17-/m0/s1. The van der Waals surface area contributed by atoms with E-state index in [2.05, 4.69) is 11.8 Å². The van der Waals surface area contributed by atoms with Gasteiger partial charge in [-0.1, -0.05) is 42.2 Å². The first kappa shape index (κ1) is 17.2. The molecule has 0 aliphatic carbocycles. The van der Waals surface area contributed by atoms with Gasteiger partial charge in [0.15, 0.2) is 6.61 Å². The molecule has 114 valence electrons. The molecule has 0 amide bonds. The predicted octanol–water partition coefficient (Wildman–Crippen LogP) is 2.16. The van der Waals surface area contributed by atoms with Gasteiger partial charge in [-0.2, -0.15) is 0 Å². The SMILES string of the molecule is CC(=O)OCC#C[C@H](C)[C@H](O)[C@H](C)OCc1ccccc1. The Bertz CT molecular complexity index is 487. The van der Waals surface area contributed by atoms with Crippen LogP contribution >= 0.6 is 0 Å². The minimum atomic E-state index is -0.696. The van der Waals surface area contributed by atoms with Crippen LogP contribution in [0, 0.1) is 17.8 Å². The first-order chi connectivity index (χ1) is 10.0. The van der Waals surface area contributed by atoms with Crippen LogP contribution in [0.15, 0.2) is 30.3 Å². The number of benzene rings is 1. The van der Waals surface area contributed by atoms with Crippen molar-refractivity contribution in [3.8, 4) is 11.8 Å². The lowest BCUT2D eigenvalue weighted by atomic mass is 10.0. The Morgan fingerprint density at radius 1 is 1.29 bits per heavy atom. The van der Waals surface area contributed by atoms with Crippen molar-refractivity contribution in [2.24, 2.45) is 5.92 Å². The molecule has 0 fully saturated rings. The lowest BCUT2D eigenvalue weighted by Crippen LogP contribution is -2.31. The van der Waals surface area contributed by atoms with Crippen LogP contribution in [0.3, 0.4) is 0 Å². The van der Waals surface area contributed by atoms with E-state index in [-0.39, 0.29) is 24.6 Å². The van der Waals surface area contributed by atoms with Crippen molar-refractivity contribution in [3.63, 3.8) is 0 Å². The van der Waals surface area contributed by atoms with Crippen molar-refractivity contribution in [1.29, 1.82) is 0 Å². The highest BCUT2D eigenvalue weighted by Crippen LogP contribution is 2.12. The molecular formula is C17H22O4. The van der Waals surface area contributed by atoms with E-state index in [1.54, 1.807) is 0 Å². The summed E-state index contributed by atoms with van der Waals surface area (Å²) in [7, 11) is 0. The predicted molar refractivity (Wildman–Crippen MR) is 80.3 cm³/mol. The van der Waals surface area contributed by atoms with Crippen molar-refractivity contribution in [2.45, 2.75) is 39.6 Å². The zero-order valence-electron chi connectivity index (χ0n) is 12.7. The number of esters is 1. The van der Waals surface area contributed by atoms with E-state index in [4.69, 9.17) is 9.47 Å². The van der Waals surface area contributed by atoms with Crippen molar-refractivity contribution >= 4 is 5.97 Å². The monoisotopic (exact) mass is 290 g/mol. The Kier molecular flexibility index (Phi) is 7.52. The van der Waals surface area contributed by atoms with Gasteiger partial charge in [-0.25, -0.2) is 0 Å². The molecule has 0 unspecified atom stereocenters. The van der Waals surface area contributed by atoms with Crippen LogP contribution in [0.1, 0.15) is 26.3 Å². The topological polar surface area (TPSA) is 55.8 Å². The van der Waals surface area contributed by atoms with E-state index in [0.29, 0.717) is 6.61 Å². The summed E-state index contributed by atoms with van der Waals surface area (Å²) in [6, 6.07) is 9.79. The third-order valence-electron chi connectivity index (χ3n) is 3.03. The summed E-state index contributed by atoms with van der Waals surface area (Å²) in [5.41, 5.74) is 1.06. The largest absolute Gasteiger partial charge is 0.453 e. The van der Waals surface area contributed by atoms with Gasteiger partial charge in [0.05, 0.1) is 18.8 Å². The molecule has 0 saturated heterocycles. The van der Waals surface area contributed by atoms with E-state index in [9.17, 15) is 9.90 Å². The van der Waals surface area contributed by atoms with E-state index < -0.39 is 6.10 Å². The van der Waals surface area contributed by atoms with Gasteiger partial charge < -0.3 is 14.6 Å². The Labute approximate surface area is 126 Å². The number of carbonyl (C=O) groups excluding carboxylic acids is 1. The molecule has 0 heterocycles. The van der Waals surface area contributed by atoms with E-state index in [0.717, 1.165) is 5.56 Å². The maximum absolute atomic E-state index is 10.6. The molecule has 1 aromatic carbocycles. The van der Waals surface area contributed by atoms with E-state index in [1.807, 2.05) is 44.2 Å². The summed E-state index contributed by atoms with van der Waals surface area (Å²) >= 11 is 0.